The number of anilines is 2. The molecule has 1 aliphatic heterocycles. The summed E-state index contributed by atoms with van der Waals surface area (Å²) in [4.78, 5) is 6.95. The van der Waals surface area contributed by atoms with E-state index in [0.717, 1.165) is 31.1 Å². The van der Waals surface area contributed by atoms with Gasteiger partial charge in [0.15, 0.2) is 0 Å². The van der Waals surface area contributed by atoms with Crippen LogP contribution in [0.5, 0.6) is 0 Å². The summed E-state index contributed by atoms with van der Waals surface area (Å²) in [7, 11) is 0. The minimum atomic E-state index is 0.532. The van der Waals surface area contributed by atoms with Crippen molar-refractivity contribution in [2.24, 2.45) is 11.7 Å². The van der Waals surface area contributed by atoms with Gasteiger partial charge in [-0.05, 0) is 50.3 Å². The molecule has 0 amide bonds. The van der Waals surface area contributed by atoms with Crippen LogP contribution in [-0.4, -0.2) is 30.7 Å². The third kappa shape index (κ3) is 2.84. The summed E-state index contributed by atoms with van der Waals surface area (Å²) < 4.78 is 0. The maximum atomic E-state index is 5.82. The summed E-state index contributed by atoms with van der Waals surface area (Å²) in [5.41, 5.74) is 6.96. The first-order valence-corrected chi connectivity index (χ1v) is 7.54. The Morgan fingerprint density at radius 1 is 1.21 bits per heavy atom. The highest BCUT2D eigenvalue weighted by molar-refractivity contribution is 5.49. The summed E-state index contributed by atoms with van der Waals surface area (Å²) in [5.74, 6) is 1.74. The van der Waals surface area contributed by atoms with Crippen LogP contribution in [0, 0.1) is 5.92 Å². The van der Waals surface area contributed by atoms with Crippen molar-refractivity contribution >= 4 is 11.5 Å². The molecular formula is C15H24N4. The molecule has 2 atom stereocenters. The number of aromatic nitrogens is 1. The lowest BCUT2D eigenvalue weighted by molar-refractivity contribution is 0.516. The number of hydrogen-bond donors (Lipinski definition) is 2. The molecule has 3 N–H and O–H groups in total. The molecule has 2 heterocycles. The summed E-state index contributed by atoms with van der Waals surface area (Å²) in [5, 5.41) is 3.60. The Labute approximate surface area is 115 Å². The molecule has 2 fully saturated rings. The molecule has 0 aromatic carbocycles. The van der Waals surface area contributed by atoms with Gasteiger partial charge < -0.3 is 16.0 Å². The fourth-order valence-electron chi connectivity index (χ4n) is 3.33. The van der Waals surface area contributed by atoms with E-state index in [-0.39, 0.29) is 0 Å². The van der Waals surface area contributed by atoms with Crippen LogP contribution >= 0.6 is 0 Å². The van der Waals surface area contributed by atoms with Gasteiger partial charge in [-0.1, -0.05) is 6.42 Å². The van der Waals surface area contributed by atoms with Gasteiger partial charge in [0, 0.05) is 19.1 Å². The highest BCUT2D eigenvalue weighted by Gasteiger charge is 2.25. The van der Waals surface area contributed by atoms with Crippen LogP contribution in [0.15, 0.2) is 18.3 Å². The lowest BCUT2D eigenvalue weighted by Gasteiger charge is -2.21. The zero-order valence-corrected chi connectivity index (χ0v) is 11.5. The van der Waals surface area contributed by atoms with Crippen LogP contribution in [0.4, 0.5) is 11.5 Å². The molecule has 1 saturated carbocycles. The van der Waals surface area contributed by atoms with Crippen molar-refractivity contribution < 1.29 is 0 Å². The van der Waals surface area contributed by atoms with E-state index in [4.69, 9.17) is 5.73 Å². The van der Waals surface area contributed by atoms with Crippen molar-refractivity contribution in [2.45, 2.75) is 38.1 Å². The lowest BCUT2D eigenvalue weighted by atomic mass is 10.0. The van der Waals surface area contributed by atoms with Crippen molar-refractivity contribution in [3.63, 3.8) is 0 Å². The third-order valence-corrected chi connectivity index (χ3v) is 4.49. The second kappa shape index (κ2) is 5.78. The maximum absolute atomic E-state index is 5.82. The molecule has 4 heteroatoms. The first-order chi connectivity index (χ1) is 9.36. The largest absolute Gasteiger partial charge is 0.381 e. The van der Waals surface area contributed by atoms with Crippen molar-refractivity contribution in [2.75, 3.05) is 29.9 Å². The Bertz CT molecular complexity index is 397. The first-order valence-electron chi connectivity index (χ1n) is 7.54. The Balaban J connectivity index is 1.62. The summed E-state index contributed by atoms with van der Waals surface area (Å²) in [6, 6.07) is 4.83. The second-order valence-corrected chi connectivity index (χ2v) is 5.78. The quantitative estimate of drug-likeness (QED) is 0.871. The molecule has 3 rings (SSSR count). The summed E-state index contributed by atoms with van der Waals surface area (Å²) in [6.45, 7) is 3.09. The molecule has 0 radical (unpaired) electrons. The fourth-order valence-corrected chi connectivity index (χ4v) is 3.33. The number of rotatable bonds is 4. The molecule has 1 saturated heterocycles. The van der Waals surface area contributed by atoms with Gasteiger partial charge in [-0.25, -0.2) is 4.98 Å². The van der Waals surface area contributed by atoms with E-state index in [1.807, 2.05) is 6.20 Å². The number of nitrogens with one attached hydrogen (secondary N) is 1. The predicted octanol–water partition coefficient (Wildman–Crippen LogP) is 2.22. The fraction of sp³-hybridized carbons (Fsp3) is 0.667. The molecular weight excluding hydrogens is 236 g/mol. The van der Waals surface area contributed by atoms with Crippen LogP contribution in [0.25, 0.3) is 0 Å². The van der Waals surface area contributed by atoms with Crippen molar-refractivity contribution in [1.82, 2.24) is 4.98 Å². The molecule has 19 heavy (non-hydrogen) atoms. The normalized spacial score (nSPS) is 26.9. The minimum Gasteiger partial charge on any atom is -0.381 e. The van der Waals surface area contributed by atoms with Crippen molar-refractivity contribution in [3.8, 4) is 0 Å². The number of nitrogens with zero attached hydrogens (tertiary/aromatic N) is 2. The zero-order chi connectivity index (χ0) is 13.1. The minimum absolute atomic E-state index is 0.532. The van der Waals surface area contributed by atoms with E-state index in [2.05, 4.69) is 27.3 Å². The topological polar surface area (TPSA) is 54.2 Å². The highest BCUT2D eigenvalue weighted by Crippen LogP contribution is 2.28. The van der Waals surface area contributed by atoms with Gasteiger partial charge in [0.1, 0.15) is 5.82 Å². The standard InChI is InChI=1S/C15H24N4/c16-10-12-4-3-5-14(12)18-13-6-7-15(17-11-13)19-8-1-2-9-19/h6-7,11-12,14,18H,1-5,8-10,16H2. The monoisotopic (exact) mass is 260 g/mol. The molecule has 1 aromatic rings. The van der Waals surface area contributed by atoms with Crippen LogP contribution in [-0.2, 0) is 0 Å². The van der Waals surface area contributed by atoms with Gasteiger partial charge in [0.25, 0.3) is 0 Å². The second-order valence-electron chi connectivity index (χ2n) is 5.78. The highest BCUT2D eigenvalue weighted by atomic mass is 15.2. The molecule has 2 unspecified atom stereocenters. The predicted molar refractivity (Wildman–Crippen MR) is 79.5 cm³/mol. The summed E-state index contributed by atoms with van der Waals surface area (Å²) in [6.07, 6.45) is 8.34. The SMILES string of the molecule is NCC1CCCC1Nc1ccc(N2CCCC2)nc1. The van der Waals surface area contributed by atoms with Gasteiger partial charge in [-0.15, -0.1) is 0 Å². The number of nitrogens with two attached hydrogens (primary N) is 1. The van der Waals surface area contributed by atoms with E-state index in [1.165, 1.54) is 32.1 Å². The van der Waals surface area contributed by atoms with Gasteiger partial charge in [0.2, 0.25) is 0 Å². The van der Waals surface area contributed by atoms with Crippen LogP contribution < -0.4 is 16.0 Å². The molecule has 2 aliphatic rings. The van der Waals surface area contributed by atoms with E-state index in [0.29, 0.717) is 12.0 Å². The Hall–Kier alpha value is -1.29. The van der Waals surface area contributed by atoms with Crippen molar-refractivity contribution in [1.29, 1.82) is 0 Å². The molecule has 104 valence electrons. The van der Waals surface area contributed by atoms with Gasteiger partial charge in [-0.3, -0.25) is 0 Å². The smallest absolute Gasteiger partial charge is 0.128 e. The van der Waals surface area contributed by atoms with E-state index < -0.39 is 0 Å². The lowest BCUT2D eigenvalue weighted by Crippen LogP contribution is -2.29. The molecule has 1 aromatic heterocycles. The maximum Gasteiger partial charge on any atom is 0.128 e. The van der Waals surface area contributed by atoms with E-state index in [1.54, 1.807) is 0 Å². The van der Waals surface area contributed by atoms with Crippen molar-refractivity contribution in [3.05, 3.63) is 18.3 Å². The van der Waals surface area contributed by atoms with Gasteiger partial charge in [0.05, 0.1) is 11.9 Å². The molecule has 1 aliphatic carbocycles. The first kappa shape index (κ1) is 12.7. The Morgan fingerprint density at radius 3 is 2.74 bits per heavy atom. The zero-order valence-electron chi connectivity index (χ0n) is 11.5. The average molecular weight is 260 g/mol. The van der Waals surface area contributed by atoms with E-state index >= 15 is 0 Å². The molecule has 4 nitrogen and oxygen atoms in total. The van der Waals surface area contributed by atoms with Gasteiger partial charge >= 0.3 is 0 Å². The average Bonchev–Trinajstić information content (AvgIpc) is 3.10. The third-order valence-electron chi connectivity index (χ3n) is 4.49. The van der Waals surface area contributed by atoms with E-state index in [9.17, 15) is 0 Å². The number of hydrogen-bond acceptors (Lipinski definition) is 4. The molecule has 0 spiro atoms. The van der Waals surface area contributed by atoms with Gasteiger partial charge in [-0.2, -0.15) is 0 Å². The van der Waals surface area contributed by atoms with Crippen LogP contribution in [0.2, 0.25) is 0 Å². The van der Waals surface area contributed by atoms with Crippen LogP contribution in [0.1, 0.15) is 32.1 Å². The number of pyridine rings is 1. The summed E-state index contributed by atoms with van der Waals surface area (Å²) >= 11 is 0. The van der Waals surface area contributed by atoms with Crippen LogP contribution in [0.3, 0.4) is 0 Å². The molecule has 0 bridgehead atoms. The Kier molecular flexibility index (Phi) is 3.87. The Morgan fingerprint density at radius 2 is 2.05 bits per heavy atom.